The summed E-state index contributed by atoms with van der Waals surface area (Å²) in [5.74, 6) is -0.309. The number of nitrogens with zero attached hydrogens (tertiary/aromatic N) is 3. The summed E-state index contributed by atoms with van der Waals surface area (Å²) in [6, 6.07) is 15.6. The number of nitrogens with one attached hydrogen (secondary N) is 1. The van der Waals surface area contributed by atoms with E-state index in [0.29, 0.717) is 24.3 Å². The molecule has 5 rings (SSSR count). The second-order valence-corrected chi connectivity index (χ2v) is 8.91. The first-order valence-corrected chi connectivity index (χ1v) is 11.3. The second kappa shape index (κ2) is 7.69. The molecule has 1 saturated heterocycles. The summed E-state index contributed by atoms with van der Waals surface area (Å²) >= 11 is 0. The van der Waals surface area contributed by atoms with E-state index in [1.807, 2.05) is 4.90 Å². The third kappa shape index (κ3) is 3.17. The largest absolute Gasteiger partial charge is 0.359 e. The average Bonchev–Trinajstić information content (AvgIpc) is 3.28. The predicted molar refractivity (Wildman–Crippen MR) is 126 cm³/mol. The molecule has 0 unspecified atom stereocenters. The van der Waals surface area contributed by atoms with Crippen LogP contribution in [0.5, 0.6) is 0 Å². The molecule has 1 aromatic heterocycles. The van der Waals surface area contributed by atoms with Gasteiger partial charge in [-0.3, -0.25) is 0 Å². The number of amides is 2. The summed E-state index contributed by atoms with van der Waals surface area (Å²) in [5.41, 5.74) is 5.91. The maximum atomic E-state index is 13.9. The molecule has 5 nitrogen and oxygen atoms in total. The number of likely N-dealkylation sites (tertiary alicyclic amines) is 1. The van der Waals surface area contributed by atoms with Gasteiger partial charge in [0.05, 0.1) is 16.9 Å². The number of halogens is 1. The monoisotopic (exact) mass is 432 g/mol. The molecular formula is C26H29FN4O. The molecular weight excluding hydrogens is 403 g/mol. The molecule has 2 aliphatic rings. The molecule has 3 heterocycles. The van der Waals surface area contributed by atoms with Crippen molar-refractivity contribution in [3.63, 3.8) is 0 Å². The van der Waals surface area contributed by atoms with E-state index < -0.39 is 0 Å². The fourth-order valence-electron chi connectivity index (χ4n) is 5.34. The number of fused-ring (bicyclic) bond motifs is 4. The molecule has 1 fully saturated rings. The SMILES string of the molecule is CCN1c2cc(C)ccc2-n2cccc2C12CCN(C(=O)Nc1ccc(C)c(F)c1)CC2. The van der Waals surface area contributed by atoms with Crippen molar-refractivity contribution in [1.29, 1.82) is 0 Å². The van der Waals surface area contributed by atoms with Crippen LogP contribution < -0.4 is 10.2 Å². The normalized spacial score (nSPS) is 16.6. The van der Waals surface area contributed by atoms with Crippen molar-refractivity contribution in [1.82, 2.24) is 9.47 Å². The van der Waals surface area contributed by atoms with Gasteiger partial charge in [0.2, 0.25) is 0 Å². The number of anilines is 2. The Kier molecular flexibility index (Phi) is 4.96. The molecule has 3 aromatic rings. The highest BCUT2D eigenvalue weighted by molar-refractivity contribution is 5.89. The Hall–Kier alpha value is -3.28. The summed E-state index contributed by atoms with van der Waals surface area (Å²) in [4.78, 5) is 17.3. The molecule has 1 spiro atoms. The van der Waals surface area contributed by atoms with Gasteiger partial charge in [0.25, 0.3) is 0 Å². The van der Waals surface area contributed by atoms with Gasteiger partial charge in [-0.2, -0.15) is 0 Å². The zero-order valence-electron chi connectivity index (χ0n) is 18.9. The van der Waals surface area contributed by atoms with E-state index in [9.17, 15) is 9.18 Å². The van der Waals surface area contributed by atoms with Crippen molar-refractivity contribution in [3.05, 3.63) is 77.4 Å². The van der Waals surface area contributed by atoms with Crippen LogP contribution in [0.15, 0.2) is 54.7 Å². The number of hydrogen-bond donors (Lipinski definition) is 1. The summed E-state index contributed by atoms with van der Waals surface area (Å²) in [6.45, 7) is 8.23. The van der Waals surface area contributed by atoms with E-state index >= 15 is 0 Å². The molecule has 0 saturated carbocycles. The molecule has 0 aliphatic carbocycles. The number of aryl methyl sites for hydroxylation is 2. The van der Waals surface area contributed by atoms with Gasteiger partial charge in [0, 0.05) is 37.2 Å². The highest BCUT2D eigenvalue weighted by Crippen LogP contribution is 2.48. The smallest absolute Gasteiger partial charge is 0.321 e. The van der Waals surface area contributed by atoms with Gasteiger partial charge >= 0.3 is 6.03 Å². The first-order valence-electron chi connectivity index (χ1n) is 11.3. The molecule has 2 aliphatic heterocycles. The zero-order chi connectivity index (χ0) is 22.5. The first-order chi connectivity index (χ1) is 15.4. The number of benzene rings is 2. The Morgan fingerprint density at radius 3 is 2.56 bits per heavy atom. The van der Waals surface area contributed by atoms with E-state index in [2.05, 4.69) is 65.2 Å². The third-order valence-corrected chi connectivity index (χ3v) is 7.04. The molecule has 0 atom stereocenters. The summed E-state index contributed by atoms with van der Waals surface area (Å²) in [6.07, 6.45) is 3.82. The van der Waals surface area contributed by atoms with Crippen LogP contribution in [0.1, 0.15) is 36.6 Å². The Morgan fingerprint density at radius 2 is 1.84 bits per heavy atom. The molecule has 2 amide bonds. The number of hydrogen-bond acceptors (Lipinski definition) is 2. The molecule has 2 aromatic carbocycles. The lowest BCUT2D eigenvalue weighted by molar-refractivity contribution is 0.161. The minimum absolute atomic E-state index is 0.147. The lowest BCUT2D eigenvalue weighted by Gasteiger charge is -2.53. The molecule has 6 heteroatoms. The van der Waals surface area contributed by atoms with Crippen molar-refractivity contribution < 1.29 is 9.18 Å². The number of rotatable bonds is 2. The Balaban J connectivity index is 1.40. The summed E-state index contributed by atoms with van der Waals surface area (Å²) < 4.78 is 16.2. The standard InChI is InChI=1S/C26H29FN4O/c1-4-31-23-16-18(2)7-10-22(23)30-13-5-6-24(30)26(31)11-14-29(15-12-26)25(32)28-20-9-8-19(3)21(27)17-20/h5-10,13,16-17H,4,11-12,14-15H2,1-3H3,(H,28,32). The first kappa shape index (κ1) is 20.6. The minimum atomic E-state index is -0.309. The Labute approximate surface area is 188 Å². The fourth-order valence-corrected chi connectivity index (χ4v) is 5.34. The van der Waals surface area contributed by atoms with Crippen LogP contribution in [-0.4, -0.2) is 35.1 Å². The van der Waals surface area contributed by atoms with Crippen LogP contribution in [0.3, 0.4) is 0 Å². The van der Waals surface area contributed by atoms with Crippen LogP contribution in [-0.2, 0) is 5.54 Å². The summed E-state index contributed by atoms with van der Waals surface area (Å²) in [5, 5.41) is 2.86. The number of carbonyl (C=O) groups is 1. The van der Waals surface area contributed by atoms with Crippen molar-refractivity contribution >= 4 is 17.4 Å². The van der Waals surface area contributed by atoms with Crippen LogP contribution in [0.2, 0.25) is 0 Å². The van der Waals surface area contributed by atoms with E-state index in [1.165, 1.54) is 28.7 Å². The van der Waals surface area contributed by atoms with Crippen LogP contribution in [0.4, 0.5) is 20.6 Å². The maximum absolute atomic E-state index is 13.9. The Bertz CT molecular complexity index is 1180. The van der Waals surface area contributed by atoms with Crippen molar-refractivity contribution in [2.45, 2.75) is 39.2 Å². The van der Waals surface area contributed by atoms with Gasteiger partial charge in [0.1, 0.15) is 5.82 Å². The number of piperidine rings is 1. The van der Waals surface area contributed by atoms with E-state index in [-0.39, 0.29) is 17.4 Å². The molecule has 0 bridgehead atoms. The van der Waals surface area contributed by atoms with Gasteiger partial charge in [-0.25, -0.2) is 9.18 Å². The quantitative estimate of drug-likeness (QED) is 0.573. The molecule has 166 valence electrons. The van der Waals surface area contributed by atoms with Crippen molar-refractivity contribution in [3.8, 4) is 5.69 Å². The average molecular weight is 433 g/mol. The highest BCUT2D eigenvalue weighted by atomic mass is 19.1. The minimum Gasteiger partial charge on any atom is -0.359 e. The molecule has 0 radical (unpaired) electrons. The van der Waals surface area contributed by atoms with Gasteiger partial charge in [-0.05, 0) is 81.1 Å². The molecule has 1 N–H and O–H groups in total. The van der Waals surface area contributed by atoms with Gasteiger partial charge in [-0.1, -0.05) is 12.1 Å². The van der Waals surface area contributed by atoms with Gasteiger partial charge < -0.3 is 19.7 Å². The van der Waals surface area contributed by atoms with Crippen molar-refractivity contribution in [2.75, 3.05) is 29.9 Å². The fraction of sp³-hybridized carbons (Fsp3) is 0.346. The van der Waals surface area contributed by atoms with Crippen LogP contribution in [0.25, 0.3) is 5.69 Å². The third-order valence-electron chi connectivity index (χ3n) is 7.04. The lowest BCUT2D eigenvalue weighted by Crippen LogP contribution is -2.57. The van der Waals surface area contributed by atoms with E-state index in [1.54, 1.807) is 19.1 Å². The number of carbonyl (C=O) groups excluding carboxylic acids is 1. The highest BCUT2D eigenvalue weighted by Gasteiger charge is 2.46. The zero-order valence-corrected chi connectivity index (χ0v) is 18.9. The topological polar surface area (TPSA) is 40.5 Å². The second-order valence-electron chi connectivity index (χ2n) is 8.91. The number of aromatic nitrogens is 1. The summed E-state index contributed by atoms with van der Waals surface area (Å²) in [7, 11) is 0. The lowest BCUT2D eigenvalue weighted by atomic mass is 9.80. The van der Waals surface area contributed by atoms with Gasteiger partial charge in [0.15, 0.2) is 0 Å². The number of urea groups is 1. The maximum Gasteiger partial charge on any atom is 0.321 e. The molecule has 32 heavy (non-hydrogen) atoms. The van der Waals surface area contributed by atoms with Crippen LogP contribution >= 0.6 is 0 Å². The predicted octanol–water partition coefficient (Wildman–Crippen LogP) is 5.60. The van der Waals surface area contributed by atoms with E-state index in [0.717, 1.165) is 19.4 Å². The Morgan fingerprint density at radius 1 is 1.06 bits per heavy atom. The van der Waals surface area contributed by atoms with Gasteiger partial charge in [-0.15, -0.1) is 0 Å². The van der Waals surface area contributed by atoms with Crippen LogP contribution in [0, 0.1) is 19.7 Å². The van der Waals surface area contributed by atoms with E-state index in [4.69, 9.17) is 0 Å². The van der Waals surface area contributed by atoms with Crippen molar-refractivity contribution in [2.24, 2.45) is 0 Å².